The molecule has 1 aliphatic rings. The molecule has 0 saturated carbocycles. The summed E-state index contributed by atoms with van der Waals surface area (Å²) < 4.78 is 23.8. The van der Waals surface area contributed by atoms with Crippen molar-refractivity contribution in [2.75, 3.05) is 31.7 Å². The highest BCUT2D eigenvalue weighted by molar-refractivity contribution is 5.42. The first-order valence-corrected chi connectivity index (χ1v) is 6.03. The average molecular weight is 239 g/mol. The van der Waals surface area contributed by atoms with Gasteiger partial charge in [0, 0.05) is 18.8 Å². The fourth-order valence-electron chi connectivity index (χ4n) is 1.86. The van der Waals surface area contributed by atoms with E-state index < -0.39 is 0 Å². The maximum Gasteiger partial charge on any atom is 0.125 e. The molecule has 3 nitrogen and oxygen atoms in total. The summed E-state index contributed by atoms with van der Waals surface area (Å²) in [5, 5.41) is 3.11. The molecule has 1 fully saturated rings. The van der Waals surface area contributed by atoms with Gasteiger partial charge in [-0.2, -0.15) is 0 Å². The summed E-state index contributed by atoms with van der Waals surface area (Å²) in [6.07, 6.45) is 2.50. The van der Waals surface area contributed by atoms with Gasteiger partial charge in [0.05, 0.1) is 19.3 Å². The largest absolute Gasteiger partial charge is 0.383 e. The number of hydrogen-bond acceptors (Lipinski definition) is 3. The Labute approximate surface area is 101 Å². The van der Waals surface area contributed by atoms with Gasteiger partial charge < -0.3 is 14.8 Å². The average Bonchev–Trinajstić information content (AvgIpc) is 2.82. The first kappa shape index (κ1) is 12.3. The van der Waals surface area contributed by atoms with Crippen LogP contribution in [0.25, 0.3) is 0 Å². The molecule has 1 unspecified atom stereocenters. The third-order valence-electron chi connectivity index (χ3n) is 2.73. The van der Waals surface area contributed by atoms with Crippen LogP contribution in [0, 0.1) is 5.82 Å². The van der Waals surface area contributed by atoms with Gasteiger partial charge in [-0.3, -0.25) is 0 Å². The van der Waals surface area contributed by atoms with Crippen molar-refractivity contribution in [2.45, 2.75) is 18.9 Å². The molecule has 2 rings (SSSR count). The number of rotatable bonds is 6. The molecule has 4 heteroatoms. The van der Waals surface area contributed by atoms with Gasteiger partial charge in [-0.25, -0.2) is 4.39 Å². The Balaban J connectivity index is 1.56. The van der Waals surface area contributed by atoms with Crippen LogP contribution in [0.5, 0.6) is 0 Å². The Morgan fingerprint density at radius 3 is 3.18 bits per heavy atom. The SMILES string of the molecule is Fc1cccc(NCCOCC2CCCO2)c1. The lowest BCUT2D eigenvalue weighted by molar-refractivity contribution is 0.0206. The Morgan fingerprint density at radius 1 is 1.47 bits per heavy atom. The lowest BCUT2D eigenvalue weighted by Crippen LogP contribution is -2.17. The van der Waals surface area contributed by atoms with Crippen LogP contribution in [0.1, 0.15) is 12.8 Å². The second-order valence-electron chi connectivity index (χ2n) is 4.15. The third kappa shape index (κ3) is 4.32. The van der Waals surface area contributed by atoms with Crippen molar-refractivity contribution in [2.24, 2.45) is 0 Å². The molecule has 1 saturated heterocycles. The van der Waals surface area contributed by atoms with Crippen LogP contribution in [-0.2, 0) is 9.47 Å². The van der Waals surface area contributed by atoms with Crippen LogP contribution < -0.4 is 5.32 Å². The molecule has 0 spiro atoms. The van der Waals surface area contributed by atoms with Gasteiger partial charge in [-0.1, -0.05) is 6.07 Å². The summed E-state index contributed by atoms with van der Waals surface area (Å²) in [5.74, 6) is -0.227. The number of ether oxygens (including phenoxy) is 2. The van der Waals surface area contributed by atoms with Gasteiger partial charge >= 0.3 is 0 Å². The van der Waals surface area contributed by atoms with Crippen molar-refractivity contribution in [3.8, 4) is 0 Å². The topological polar surface area (TPSA) is 30.5 Å². The highest BCUT2D eigenvalue weighted by atomic mass is 19.1. The normalized spacial score (nSPS) is 19.5. The molecule has 1 aromatic carbocycles. The second-order valence-corrected chi connectivity index (χ2v) is 4.15. The zero-order valence-corrected chi connectivity index (χ0v) is 9.82. The molecule has 1 atom stereocenters. The van der Waals surface area contributed by atoms with Gasteiger partial charge in [0.25, 0.3) is 0 Å². The van der Waals surface area contributed by atoms with Gasteiger partial charge in [-0.15, -0.1) is 0 Å². The lowest BCUT2D eigenvalue weighted by atomic mass is 10.2. The minimum absolute atomic E-state index is 0.227. The summed E-state index contributed by atoms with van der Waals surface area (Å²) in [5.41, 5.74) is 0.783. The number of halogens is 1. The van der Waals surface area contributed by atoms with E-state index in [1.807, 2.05) is 6.07 Å². The first-order valence-electron chi connectivity index (χ1n) is 6.03. The van der Waals surface area contributed by atoms with Crippen molar-refractivity contribution in [3.05, 3.63) is 30.1 Å². The third-order valence-corrected chi connectivity index (χ3v) is 2.73. The minimum Gasteiger partial charge on any atom is -0.383 e. The Hall–Kier alpha value is -1.13. The van der Waals surface area contributed by atoms with Crippen LogP contribution in [0.4, 0.5) is 10.1 Å². The standard InChI is InChI=1S/C13H18FNO2/c14-11-3-1-4-12(9-11)15-6-8-16-10-13-5-2-7-17-13/h1,3-4,9,13,15H,2,5-8,10H2. The highest BCUT2D eigenvalue weighted by Crippen LogP contribution is 2.12. The fourth-order valence-corrected chi connectivity index (χ4v) is 1.86. The molecule has 0 amide bonds. The highest BCUT2D eigenvalue weighted by Gasteiger charge is 2.14. The summed E-state index contributed by atoms with van der Waals surface area (Å²) >= 11 is 0. The van der Waals surface area contributed by atoms with Crippen molar-refractivity contribution >= 4 is 5.69 Å². The van der Waals surface area contributed by atoms with Crippen LogP contribution in [0.3, 0.4) is 0 Å². The quantitative estimate of drug-likeness (QED) is 0.773. The number of nitrogens with one attached hydrogen (secondary N) is 1. The minimum atomic E-state index is -0.227. The van der Waals surface area contributed by atoms with E-state index in [2.05, 4.69) is 5.32 Å². The van der Waals surface area contributed by atoms with E-state index in [0.717, 1.165) is 25.1 Å². The molecule has 0 radical (unpaired) electrons. The number of anilines is 1. The Bertz CT molecular complexity index is 340. The van der Waals surface area contributed by atoms with Crippen molar-refractivity contribution in [1.29, 1.82) is 0 Å². The van der Waals surface area contributed by atoms with Crippen molar-refractivity contribution < 1.29 is 13.9 Å². The predicted octanol–water partition coefficient (Wildman–Crippen LogP) is 2.43. The summed E-state index contributed by atoms with van der Waals surface area (Å²) in [6.45, 7) is 2.80. The molecule has 1 heterocycles. The molecule has 0 bridgehead atoms. The van der Waals surface area contributed by atoms with Crippen LogP contribution in [-0.4, -0.2) is 32.5 Å². The summed E-state index contributed by atoms with van der Waals surface area (Å²) in [6, 6.07) is 6.42. The second kappa shape index (κ2) is 6.57. The van der Waals surface area contributed by atoms with E-state index in [4.69, 9.17) is 9.47 Å². The van der Waals surface area contributed by atoms with E-state index in [0.29, 0.717) is 19.8 Å². The molecule has 0 aromatic heterocycles. The molecular weight excluding hydrogens is 221 g/mol. The maximum atomic E-state index is 12.9. The van der Waals surface area contributed by atoms with Gasteiger partial charge in [0.15, 0.2) is 0 Å². The number of benzene rings is 1. The Kier molecular flexibility index (Phi) is 4.76. The zero-order chi connectivity index (χ0) is 11.9. The maximum absolute atomic E-state index is 12.9. The molecule has 1 aliphatic heterocycles. The van der Waals surface area contributed by atoms with E-state index in [1.165, 1.54) is 12.1 Å². The first-order chi connectivity index (χ1) is 8.34. The van der Waals surface area contributed by atoms with E-state index in [9.17, 15) is 4.39 Å². The predicted molar refractivity (Wildman–Crippen MR) is 64.7 cm³/mol. The fraction of sp³-hybridized carbons (Fsp3) is 0.538. The van der Waals surface area contributed by atoms with Gasteiger partial charge in [0.2, 0.25) is 0 Å². The van der Waals surface area contributed by atoms with Crippen LogP contribution >= 0.6 is 0 Å². The van der Waals surface area contributed by atoms with Crippen molar-refractivity contribution in [3.63, 3.8) is 0 Å². The summed E-state index contributed by atoms with van der Waals surface area (Å²) in [4.78, 5) is 0. The lowest BCUT2D eigenvalue weighted by Gasteiger charge is -2.11. The van der Waals surface area contributed by atoms with E-state index >= 15 is 0 Å². The molecule has 1 aromatic rings. The Morgan fingerprint density at radius 2 is 2.41 bits per heavy atom. The zero-order valence-electron chi connectivity index (χ0n) is 9.82. The van der Waals surface area contributed by atoms with E-state index in [-0.39, 0.29) is 11.9 Å². The monoisotopic (exact) mass is 239 g/mol. The molecular formula is C13H18FNO2. The molecule has 17 heavy (non-hydrogen) atoms. The smallest absolute Gasteiger partial charge is 0.125 e. The van der Waals surface area contributed by atoms with Gasteiger partial charge in [0.1, 0.15) is 5.82 Å². The summed E-state index contributed by atoms with van der Waals surface area (Å²) in [7, 11) is 0. The molecule has 1 N–H and O–H groups in total. The molecule has 0 aliphatic carbocycles. The van der Waals surface area contributed by atoms with E-state index in [1.54, 1.807) is 6.07 Å². The molecule has 94 valence electrons. The van der Waals surface area contributed by atoms with Crippen molar-refractivity contribution in [1.82, 2.24) is 0 Å². The number of hydrogen-bond donors (Lipinski definition) is 1. The van der Waals surface area contributed by atoms with Crippen LogP contribution in [0.2, 0.25) is 0 Å². The van der Waals surface area contributed by atoms with Gasteiger partial charge in [-0.05, 0) is 31.0 Å². The van der Waals surface area contributed by atoms with Crippen LogP contribution in [0.15, 0.2) is 24.3 Å².